The maximum absolute atomic E-state index is 14.1. The normalized spacial score (nSPS) is 19.2. The van der Waals surface area contributed by atoms with E-state index in [9.17, 15) is 32.3 Å². The third-order valence-electron chi connectivity index (χ3n) is 7.65. The fourth-order valence-electron chi connectivity index (χ4n) is 5.68. The number of amides is 3. The van der Waals surface area contributed by atoms with Crippen LogP contribution in [0.2, 0.25) is 0 Å². The molecular formula is C31H24F3N3O6S2. The Morgan fingerprint density at radius 3 is 2.29 bits per heavy atom. The second-order valence-corrected chi connectivity index (χ2v) is 12.3. The summed E-state index contributed by atoms with van der Waals surface area (Å²) in [6.07, 6.45) is -4.82. The van der Waals surface area contributed by atoms with Crippen molar-refractivity contribution >= 4 is 52.2 Å². The van der Waals surface area contributed by atoms with Crippen molar-refractivity contribution in [3.8, 4) is 11.5 Å². The first-order valence-electron chi connectivity index (χ1n) is 13.5. The lowest BCUT2D eigenvalue weighted by molar-refractivity contribution is -0.137. The van der Waals surface area contributed by atoms with E-state index in [0.29, 0.717) is 37.6 Å². The zero-order valence-corrected chi connectivity index (χ0v) is 25.3. The smallest absolute Gasteiger partial charge is 0.418 e. The number of ether oxygens (including phenoxy) is 2. The van der Waals surface area contributed by atoms with Gasteiger partial charge in [0.15, 0.2) is 0 Å². The molecular weight excluding hydrogens is 631 g/mol. The summed E-state index contributed by atoms with van der Waals surface area (Å²) in [5, 5.41) is 1.84. The summed E-state index contributed by atoms with van der Waals surface area (Å²) in [5.41, 5.74) is -0.729. The molecule has 3 heterocycles. The van der Waals surface area contributed by atoms with Crippen molar-refractivity contribution in [3.05, 3.63) is 98.5 Å². The van der Waals surface area contributed by atoms with E-state index >= 15 is 0 Å². The highest BCUT2D eigenvalue weighted by atomic mass is 32.2. The van der Waals surface area contributed by atoms with Crippen molar-refractivity contribution in [2.45, 2.75) is 28.9 Å². The van der Waals surface area contributed by atoms with E-state index in [-0.39, 0.29) is 0 Å². The van der Waals surface area contributed by atoms with E-state index in [1.54, 1.807) is 48.5 Å². The summed E-state index contributed by atoms with van der Waals surface area (Å²) in [5.74, 6) is -3.28. The predicted octanol–water partition coefficient (Wildman–Crippen LogP) is 5.38. The van der Waals surface area contributed by atoms with Gasteiger partial charge in [-0.3, -0.25) is 23.7 Å². The summed E-state index contributed by atoms with van der Waals surface area (Å²) < 4.78 is 53.9. The highest BCUT2D eigenvalue weighted by Gasteiger charge is 2.58. The minimum atomic E-state index is -4.82. The highest BCUT2D eigenvalue weighted by Crippen LogP contribution is 2.55. The number of carbonyl (C=O) groups excluding carboxylic acids is 3. The zero-order chi connectivity index (χ0) is 32.0. The number of thioether (sulfide) groups is 1. The van der Waals surface area contributed by atoms with Gasteiger partial charge in [-0.1, -0.05) is 53.4 Å². The van der Waals surface area contributed by atoms with Gasteiger partial charge >= 0.3 is 11.0 Å². The summed E-state index contributed by atoms with van der Waals surface area (Å²) >= 11 is 1.73. The van der Waals surface area contributed by atoms with Gasteiger partial charge in [0.25, 0.3) is 0 Å². The second-order valence-electron chi connectivity index (χ2n) is 10.2. The molecule has 1 N–H and O–H groups in total. The highest BCUT2D eigenvalue weighted by molar-refractivity contribution is 8.00. The molecule has 4 aromatic rings. The molecule has 1 saturated heterocycles. The number of hydrogen-bond acceptors (Lipinski definition) is 8. The number of aromatic nitrogens is 1. The number of fused-ring (bicyclic) bond motifs is 2. The van der Waals surface area contributed by atoms with Crippen LogP contribution < -0.4 is 24.6 Å². The van der Waals surface area contributed by atoms with Crippen molar-refractivity contribution in [1.82, 2.24) is 4.57 Å². The lowest BCUT2D eigenvalue weighted by Gasteiger charge is -2.31. The molecule has 2 aliphatic rings. The second kappa shape index (κ2) is 11.7. The van der Waals surface area contributed by atoms with Gasteiger partial charge in [-0.15, -0.1) is 0 Å². The molecule has 2 aliphatic heterocycles. The third kappa shape index (κ3) is 5.37. The van der Waals surface area contributed by atoms with Crippen molar-refractivity contribution < 1.29 is 37.0 Å². The number of thiazole rings is 1. The number of carbonyl (C=O) groups is 3. The van der Waals surface area contributed by atoms with Gasteiger partial charge in [-0.25, -0.2) is 4.90 Å². The van der Waals surface area contributed by atoms with Crippen LogP contribution in [-0.2, 0) is 27.1 Å². The average Bonchev–Trinajstić information content (AvgIpc) is 3.47. The van der Waals surface area contributed by atoms with E-state index in [1.165, 1.54) is 30.9 Å². The molecule has 6 rings (SSSR count). The van der Waals surface area contributed by atoms with E-state index in [4.69, 9.17) is 9.47 Å². The van der Waals surface area contributed by atoms with Crippen LogP contribution in [0.1, 0.15) is 21.9 Å². The molecule has 3 aromatic carbocycles. The molecule has 45 heavy (non-hydrogen) atoms. The number of halogens is 3. The number of nitrogens with zero attached hydrogens (tertiary/aromatic N) is 2. The number of benzene rings is 3. The molecule has 1 fully saturated rings. The van der Waals surface area contributed by atoms with Gasteiger partial charge in [-0.2, -0.15) is 13.2 Å². The molecule has 3 amide bonds. The zero-order valence-electron chi connectivity index (χ0n) is 23.7. The van der Waals surface area contributed by atoms with Crippen molar-refractivity contribution in [2.24, 2.45) is 5.92 Å². The van der Waals surface area contributed by atoms with E-state index in [1.807, 2.05) is 0 Å². The fourth-order valence-corrected chi connectivity index (χ4v) is 8.44. The van der Waals surface area contributed by atoms with E-state index < -0.39 is 63.7 Å². The van der Waals surface area contributed by atoms with Crippen molar-refractivity contribution in [2.75, 3.05) is 24.4 Å². The third-order valence-corrected chi connectivity index (χ3v) is 10.3. The maximum atomic E-state index is 14.1. The van der Waals surface area contributed by atoms with Gasteiger partial charge in [0.05, 0.1) is 36.4 Å². The monoisotopic (exact) mass is 655 g/mol. The lowest BCUT2D eigenvalue weighted by Crippen LogP contribution is -2.33. The molecule has 0 saturated carbocycles. The largest absolute Gasteiger partial charge is 0.497 e. The molecule has 9 nitrogen and oxygen atoms in total. The van der Waals surface area contributed by atoms with Crippen molar-refractivity contribution in [1.29, 1.82) is 0 Å². The van der Waals surface area contributed by atoms with Crippen LogP contribution in [0.15, 0.2) is 82.6 Å². The number of hydrogen-bond donors (Lipinski definition) is 1. The molecule has 232 valence electrons. The Labute approximate surface area is 262 Å². The average molecular weight is 656 g/mol. The van der Waals surface area contributed by atoms with E-state index in [2.05, 4.69) is 5.32 Å². The van der Waals surface area contributed by atoms with Gasteiger partial charge in [0.1, 0.15) is 23.3 Å². The van der Waals surface area contributed by atoms with Gasteiger partial charge < -0.3 is 14.8 Å². The van der Waals surface area contributed by atoms with Crippen LogP contribution in [0.5, 0.6) is 11.5 Å². The molecule has 0 radical (unpaired) electrons. The van der Waals surface area contributed by atoms with Crippen LogP contribution in [0, 0.1) is 5.92 Å². The number of methoxy groups -OCH3 is 2. The Balaban J connectivity index is 1.43. The predicted molar refractivity (Wildman–Crippen MR) is 162 cm³/mol. The van der Waals surface area contributed by atoms with Crippen LogP contribution in [0.4, 0.5) is 24.5 Å². The molecule has 0 spiro atoms. The van der Waals surface area contributed by atoms with Gasteiger partial charge in [0, 0.05) is 22.0 Å². The molecule has 14 heteroatoms. The molecule has 1 aromatic heterocycles. The summed E-state index contributed by atoms with van der Waals surface area (Å²) in [6, 6.07) is 17.8. The number of para-hydroxylation sites is 2. The standard InChI is InChI=1S/C31H24F3N3O6S2/c1-42-17-13-11-16(12-14-17)35-22(38)15-36-29-26(45-30(36)41)23(18-7-3-6-10-21(18)43-2)24-25(44-29)28(40)37(27(24)39)20-9-5-4-8-19(20)31(32,33)34/h3-14,23-25H,15H2,1-2H3,(H,35,38). The Morgan fingerprint density at radius 2 is 1.60 bits per heavy atom. The number of nitrogens with one attached hydrogen (secondary N) is 1. The molecule has 0 aliphatic carbocycles. The Kier molecular flexibility index (Phi) is 7.95. The maximum Gasteiger partial charge on any atom is 0.418 e. The minimum Gasteiger partial charge on any atom is -0.497 e. The number of alkyl halides is 3. The van der Waals surface area contributed by atoms with Gasteiger partial charge in [0.2, 0.25) is 17.7 Å². The lowest BCUT2D eigenvalue weighted by atomic mass is 9.82. The summed E-state index contributed by atoms with van der Waals surface area (Å²) in [7, 11) is 2.94. The first-order chi connectivity index (χ1) is 21.5. The molecule has 3 unspecified atom stereocenters. The Morgan fingerprint density at radius 1 is 0.911 bits per heavy atom. The number of imide groups is 1. The van der Waals surface area contributed by atoms with Crippen LogP contribution in [0.25, 0.3) is 0 Å². The minimum absolute atomic E-state index is 0.291. The Bertz CT molecular complexity index is 1870. The van der Waals surface area contributed by atoms with Crippen LogP contribution in [0.3, 0.4) is 0 Å². The van der Waals surface area contributed by atoms with Crippen molar-refractivity contribution in [3.63, 3.8) is 0 Å². The Hall–Kier alpha value is -4.56. The van der Waals surface area contributed by atoms with Crippen LogP contribution in [-0.4, -0.2) is 41.8 Å². The molecule has 3 atom stereocenters. The van der Waals surface area contributed by atoms with Gasteiger partial charge in [-0.05, 0) is 42.5 Å². The molecule has 0 bridgehead atoms. The topological polar surface area (TPSA) is 107 Å². The first kappa shape index (κ1) is 30.5. The summed E-state index contributed by atoms with van der Waals surface area (Å²) in [4.78, 5) is 55.0. The van der Waals surface area contributed by atoms with E-state index in [0.717, 1.165) is 35.2 Å². The quantitative estimate of drug-likeness (QED) is 0.267. The fraction of sp³-hybridized carbons (Fsp3) is 0.226. The number of rotatable bonds is 7. The summed E-state index contributed by atoms with van der Waals surface area (Å²) in [6.45, 7) is -0.400. The number of anilines is 2. The van der Waals surface area contributed by atoms with Crippen LogP contribution >= 0.6 is 23.1 Å². The first-order valence-corrected chi connectivity index (χ1v) is 15.2. The SMILES string of the molecule is COc1ccc(NC(=O)Cn2c3c(sc2=O)C(c2ccccc2OC)C2C(=O)N(c4ccccc4C(F)(F)F)C(=O)C2S3)cc1.